The van der Waals surface area contributed by atoms with E-state index in [9.17, 15) is 14.7 Å². The van der Waals surface area contributed by atoms with Gasteiger partial charge in [-0.2, -0.15) is 0 Å². The number of rotatable bonds is 2. The van der Waals surface area contributed by atoms with Gasteiger partial charge in [0.15, 0.2) is 5.78 Å². The highest BCUT2D eigenvalue weighted by Gasteiger charge is 2.67. The predicted molar refractivity (Wildman–Crippen MR) is 69.4 cm³/mol. The molecule has 3 atom stereocenters. The van der Waals surface area contributed by atoms with Crippen LogP contribution in [-0.2, 0) is 14.3 Å². The fourth-order valence-electron chi connectivity index (χ4n) is 3.43. The van der Waals surface area contributed by atoms with E-state index in [-0.39, 0.29) is 22.7 Å². The molecule has 18 heavy (non-hydrogen) atoms. The fourth-order valence-corrected chi connectivity index (χ4v) is 4.44. The van der Waals surface area contributed by atoms with E-state index >= 15 is 0 Å². The van der Waals surface area contributed by atoms with Crippen molar-refractivity contribution in [2.24, 2.45) is 16.7 Å². The van der Waals surface area contributed by atoms with Crippen LogP contribution in [0, 0.1) is 16.7 Å². The maximum atomic E-state index is 12.5. The van der Waals surface area contributed by atoms with Gasteiger partial charge in [-0.15, -0.1) is 0 Å². The lowest BCUT2D eigenvalue weighted by molar-refractivity contribution is -0.139. The summed E-state index contributed by atoms with van der Waals surface area (Å²) in [6.45, 7) is 3.96. The van der Waals surface area contributed by atoms with Crippen LogP contribution in [0.5, 0.6) is 0 Å². The van der Waals surface area contributed by atoms with Gasteiger partial charge in [-0.1, -0.05) is 29.8 Å². The first-order valence-corrected chi connectivity index (χ1v) is 7.08. The molecule has 2 bridgehead atoms. The Morgan fingerprint density at radius 3 is 2.61 bits per heavy atom. The number of carbonyl (C=O) groups excluding carboxylic acids is 2. The summed E-state index contributed by atoms with van der Waals surface area (Å²) in [6.07, 6.45) is 1.62. The summed E-state index contributed by atoms with van der Waals surface area (Å²) in [5.41, 5.74) is -0.488. The number of allylic oxidation sites excluding steroid dienone is 1. The normalized spacial score (nSPS) is 41.1. The number of alkyl halides is 1. The molecule has 0 saturated heterocycles. The first-order chi connectivity index (χ1) is 8.33. The SMILES string of the molecule is COC(=O)C(O)=C1C(=O)[C@]2(C)CC[C@H]1[C@@]2(C)CBr. The molecule has 2 rings (SSSR count). The largest absolute Gasteiger partial charge is 0.502 e. The number of Topliss-reactive ketones (excluding diaryl/α,β-unsaturated/α-hetero) is 1. The lowest BCUT2D eigenvalue weighted by atomic mass is 9.70. The van der Waals surface area contributed by atoms with Crippen LogP contribution in [0.4, 0.5) is 0 Å². The third-order valence-electron chi connectivity index (χ3n) is 4.97. The van der Waals surface area contributed by atoms with Gasteiger partial charge >= 0.3 is 5.97 Å². The van der Waals surface area contributed by atoms with E-state index in [4.69, 9.17) is 0 Å². The van der Waals surface area contributed by atoms with Gasteiger partial charge in [0.05, 0.1) is 7.11 Å². The standard InChI is InChI=1S/C13H17BrO4/c1-12-5-4-7(13(12,2)6-14)8(10(12)16)9(15)11(17)18-3/h7,15H,4-6H2,1-3H3/t7-,12+,13-/m1/s1. The van der Waals surface area contributed by atoms with Crippen LogP contribution in [0.25, 0.3) is 0 Å². The predicted octanol–water partition coefficient (Wildman–Crippen LogP) is 2.37. The number of halogens is 1. The Labute approximate surface area is 115 Å². The molecule has 2 saturated carbocycles. The zero-order chi connectivity index (χ0) is 13.7. The van der Waals surface area contributed by atoms with Crippen LogP contribution in [0.3, 0.4) is 0 Å². The Morgan fingerprint density at radius 1 is 1.56 bits per heavy atom. The highest BCUT2D eigenvalue weighted by molar-refractivity contribution is 9.09. The molecule has 0 aliphatic heterocycles. The molecular weight excluding hydrogens is 300 g/mol. The van der Waals surface area contributed by atoms with E-state index in [0.717, 1.165) is 12.8 Å². The summed E-state index contributed by atoms with van der Waals surface area (Å²) < 4.78 is 4.50. The second-order valence-electron chi connectivity index (χ2n) is 5.56. The Hall–Kier alpha value is -0.840. The summed E-state index contributed by atoms with van der Waals surface area (Å²) in [6, 6.07) is 0. The van der Waals surface area contributed by atoms with E-state index in [1.54, 1.807) is 0 Å². The molecule has 0 amide bonds. The molecule has 0 spiro atoms. The third-order valence-corrected chi connectivity index (χ3v) is 6.13. The van der Waals surface area contributed by atoms with Crippen LogP contribution < -0.4 is 0 Å². The average molecular weight is 317 g/mol. The second kappa shape index (κ2) is 4.08. The first-order valence-electron chi connectivity index (χ1n) is 5.95. The van der Waals surface area contributed by atoms with Gasteiger partial charge in [0.2, 0.25) is 5.76 Å². The van der Waals surface area contributed by atoms with Gasteiger partial charge in [0.25, 0.3) is 0 Å². The van der Waals surface area contributed by atoms with Crippen LogP contribution in [0.1, 0.15) is 26.7 Å². The zero-order valence-corrected chi connectivity index (χ0v) is 12.3. The minimum atomic E-state index is -0.827. The maximum absolute atomic E-state index is 12.5. The number of fused-ring (bicyclic) bond motifs is 2. The van der Waals surface area contributed by atoms with E-state index in [2.05, 4.69) is 20.7 Å². The van der Waals surface area contributed by atoms with Crippen LogP contribution in [0.2, 0.25) is 0 Å². The molecule has 4 nitrogen and oxygen atoms in total. The van der Waals surface area contributed by atoms with Crippen molar-refractivity contribution >= 4 is 27.7 Å². The highest BCUT2D eigenvalue weighted by Crippen LogP contribution is 2.66. The van der Waals surface area contributed by atoms with Crippen LogP contribution in [0.15, 0.2) is 11.3 Å². The fraction of sp³-hybridized carbons (Fsp3) is 0.692. The van der Waals surface area contributed by atoms with Crippen molar-refractivity contribution in [3.05, 3.63) is 11.3 Å². The second-order valence-corrected chi connectivity index (χ2v) is 6.12. The van der Waals surface area contributed by atoms with Crippen molar-refractivity contribution in [2.45, 2.75) is 26.7 Å². The Kier molecular flexibility index (Phi) is 3.08. The zero-order valence-electron chi connectivity index (χ0n) is 10.7. The minimum absolute atomic E-state index is 0.0755. The first kappa shape index (κ1) is 13.6. The van der Waals surface area contributed by atoms with E-state index in [1.165, 1.54) is 7.11 Å². The number of esters is 1. The molecule has 1 N–H and O–H groups in total. The van der Waals surface area contributed by atoms with E-state index < -0.39 is 17.1 Å². The molecule has 0 aromatic carbocycles. The molecule has 0 aromatic heterocycles. The maximum Gasteiger partial charge on any atom is 0.373 e. The van der Waals surface area contributed by atoms with E-state index in [0.29, 0.717) is 5.33 Å². The molecule has 0 aromatic rings. The van der Waals surface area contributed by atoms with Gasteiger partial charge < -0.3 is 9.84 Å². The van der Waals surface area contributed by atoms with Crippen molar-refractivity contribution in [1.29, 1.82) is 0 Å². The number of carbonyl (C=O) groups is 2. The molecule has 5 heteroatoms. The lowest BCUT2D eigenvalue weighted by Gasteiger charge is -2.34. The summed E-state index contributed by atoms with van der Waals surface area (Å²) in [5, 5.41) is 10.6. The molecule has 0 radical (unpaired) electrons. The van der Waals surface area contributed by atoms with E-state index in [1.807, 2.05) is 13.8 Å². The quantitative estimate of drug-likeness (QED) is 0.368. The van der Waals surface area contributed by atoms with Crippen molar-refractivity contribution in [2.75, 3.05) is 12.4 Å². The summed E-state index contributed by atoms with van der Waals surface area (Å²) >= 11 is 3.47. The number of methoxy groups -OCH3 is 1. The molecular formula is C13H17BrO4. The molecule has 100 valence electrons. The van der Waals surface area contributed by atoms with Gasteiger partial charge in [-0.05, 0) is 24.2 Å². The number of hydrogen-bond donors (Lipinski definition) is 1. The van der Waals surface area contributed by atoms with Crippen molar-refractivity contribution in [3.8, 4) is 0 Å². The van der Waals surface area contributed by atoms with Crippen molar-refractivity contribution < 1.29 is 19.4 Å². The molecule has 2 aliphatic carbocycles. The summed E-state index contributed by atoms with van der Waals surface area (Å²) in [4.78, 5) is 23.9. The van der Waals surface area contributed by atoms with Crippen molar-refractivity contribution in [3.63, 3.8) is 0 Å². The molecule has 0 heterocycles. The van der Waals surface area contributed by atoms with Gasteiger partial charge in [0.1, 0.15) is 0 Å². The van der Waals surface area contributed by atoms with Gasteiger partial charge in [-0.25, -0.2) is 4.79 Å². The minimum Gasteiger partial charge on any atom is -0.502 e. The Morgan fingerprint density at radius 2 is 2.17 bits per heavy atom. The molecule has 2 fully saturated rings. The smallest absolute Gasteiger partial charge is 0.373 e. The Bertz CT molecular complexity index is 456. The van der Waals surface area contributed by atoms with Gasteiger partial charge in [-0.3, -0.25) is 4.79 Å². The monoisotopic (exact) mass is 316 g/mol. The third kappa shape index (κ3) is 1.37. The number of aliphatic hydroxyl groups excluding tert-OH is 1. The number of hydrogen-bond acceptors (Lipinski definition) is 4. The summed E-state index contributed by atoms with van der Waals surface area (Å²) in [5.74, 6) is -1.52. The average Bonchev–Trinajstić information content (AvgIpc) is 2.71. The van der Waals surface area contributed by atoms with Crippen LogP contribution in [-0.4, -0.2) is 29.3 Å². The highest BCUT2D eigenvalue weighted by atomic mass is 79.9. The molecule has 0 unspecified atom stereocenters. The Balaban J connectivity index is 2.57. The van der Waals surface area contributed by atoms with Gasteiger partial charge in [0, 0.05) is 16.3 Å². The lowest BCUT2D eigenvalue weighted by Crippen LogP contribution is -2.36. The van der Waals surface area contributed by atoms with Crippen LogP contribution >= 0.6 is 15.9 Å². The summed E-state index contributed by atoms with van der Waals surface area (Å²) in [7, 11) is 1.20. The number of ether oxygens (including phenoxy) is 1. The number of ketones is 1. The number of aliphatic hydroxyl groups is 1. The molecule has 2 aliphatic rings. The topological polar surface area (TPSA) is 63.6 Å². The van der Waals surface area contributed by atoms with Crippen molar-refractivity contribution in [1.82, 2.24) is 0 Å².